The van der Waals surface area contributed by atoms with Crippen LogP contribution in [0.3, 0.4) is 0 Å². The summed E-state index contributed by atoms with van der Waals surface area (Å²) in [6, 6.07) is 10.6. The van der Waals surface area contributed by atoms with Crippen LogP contribution in [0.25, 0.3) is 0 Å². The summed E-state index contributed by atoms with van der Waals surface area (Å²) >= 11 is 0. The fourth-order valence-electron chi connectivity index (χ4n) is 2.49. The first-order valence-electron chi connectivity index (χ1n) is 9.06. The third-order valence-corrected chi connectivity index (χ3v) is 3.92. The van der Waals surface area contributed by atoms with Crippen molar-refractivity contribution < 1.29 is 0 Å². The topological polar surface area (TPSA) is 67.1 Å². The van der Waals surface area contributed by atoms with Crippen LogP contribution in [0.5, 0.6) is 0 Å². The third kappa shape index (κ3) is 7.31. The molecule has 1 unspecified atom stereocenters. The van der Waals surface area contributed by atoms with Crippen LogP contribution in [0.1, 0.15) is 45.1 Å². The van der Waals surface area contributed by atoms with Gasteiger partial charge in [0.15, 0.2) is 5.96 Å². The maximum absolute atomic E-state index is 4.70. The molecule has 2 aromatic rings. The van der Waals surface area contributed by atoms with Gasteiger partial charge in [0.1, 0.15) is 12.2 Å². The van der Waals surface area contributed by atoms with Gasteiger partial charge in [-0.2, -0.15) is 0 Å². The Hall–Kier alpha value is -1.64. The van der Waals surface area contributed by atoms with Crippen molar-refractivity contribution in [3.05, 3.63) is 48.0 Å². The van der Waals surface area contributed by atoms with Gasteiger partial charge in [-0.25, -0.2) is 0 Å². The van der Waals surface area contributed by atoms with E-state index in [1.165, 1.54) is 5.56 Å². The Kier molecular flexibility index (Phi) is 10.2. The Morgan fingerprint density at radius 2 is 1.92 bits per heavy atom. The predicted octanol–water partition coefficient (Wildman–Crippen LogP) is 3.41. The summed E-state index contributed by atoms with van der Waals surface area (Å²) in [4.78, 5) is 4.70. The monoisotopic (exact) mass is 470 g/mol. The molecule has 0 radical (unpaired) electrons. The molecular weight excluding hydrogens is 439 g/mol. The van der Waals surface area contributed by atoms with Crippen LogP contribution >= 0.6 is 24.0 Å². The highest BCUT2D eigenvalue weighted by Crippen LogP contribution is 2.10. The van der Waals surface area contributed by atoms with Gasteiger partial charge in [-0.1, -0.05) is 51.1 Å². The lowest BCUT2D eigenvalue weighted by Crippen LogP contribution is -2.40. The second kappa shape index (κ2) is 11.9. The van der Waals surface area contributed by atoms with E-state index in [4.69, 9.17) is 4.99 Å². The molecule has 0 bridgehead atoms. The highest BCUT2D eigenvalue weighted by atomic mass is 127. The molecule has 0 amide bonds. The van der Waals surface area contributed by atoms with Gasteiger partial charge in [0.05, 0.1) is 6.04 Å². The lowest BCUT2D eigenvalue weighted by molar-refractivity contribution is 0.609. The lowest BCUT2D eigenvalue weighted by atomic mass is 10.1. The number of aliphatic imine (C=N–C) groups is 1. The summed E-state index contributed by atoms with van der Waals surface area (Å²) in [5, 5.41) is 15.0. The smallest absolute Gasteiger partial charge is 0.191 e. The number of hydrogen-bond donors (Lipinski definition) is 2. The average Bonchev–Trinajstić information content (AvgIpc) is 3.07. The molecule has 144 valence electrons. The number of aromatic nitrogens is 3. The third-order valence-electron chi connectivity index (χ3n) is 3.92. The highest BCUT2D eigenvalue weighted by Gasteiger charge is 2.08. The number of rotatable bonds is 8. The van der Waals surface area contributed by atoms with E-state index in [-0.39, 0.29) is 30.0 Å². The number of nitrogens with one attached hydrogen (secondary N) is 2. The van der Waals surface area contributed by atoms with Crippen molar-refractivity contribution in [1.82, 2.24) is 25.4 Å². The van der Waals surface area contributed by atoms with Crippen LogP contribution in [-0.2, 0) is 13.0 Å². The first-order chi connectivity index (χ1) is 12.1. The molecule has 6 nitrogen and oxygen atoms in total. The van der Waals surface area contributed by atoms with E-state index in [1.54, 1.807) is 6.33 Å². The molecule has 0 fully saturated rings. The van der Waals surface area contributed by atoms with E-state index in [1.807, 2.05) is 6.07 Å². The number of hydrogen-bond acceptors (Lipinski definition) is 3. The van der Waals surface area contributed by atoms with Crippen molar-refractivity contribution in [1.29, 1.82) is 0 Å². The largest absolute Gasteiger partial charge is 0.355 e. The Balaban J connectivity index is 0.00000338. The predicted molar refractivity (Wildman–Crippen MR) is 118 cm³/mol. The fraction of sp³-hybridized carbons (Fsp3) is 0.526. The van der Waals surface area contributed by atoms with Crippen molar-refractivity contribution in [3.8, 4) is 0 Å². The number of guanidine groups is 1. The van der Waals surface area contributed by atoms with Crippen LogP contribution in [0.15, 0.2) is 41.7 Å². The Morgan fingerprint density at radius 1 is 1.19 bits per heavy atom. The minimum Gasteiger partial charge on any atom is -0.355 e. The van der Waals surface area contributed by atoms with Gasteiger partial charge in [-0.3, -0.25) is 4.99 Å². The number of halogens is 1. The summed E-state index contributed by atoms with van der Waals surface area (Å²) in [5.41, 5.74) is 1.24. The molecule has 2 N–H and O–H groups in total. The van der Waals surface area contributed by atoms with Crippen LogP contribution in [0, 0.1) is 5.92 Å². The Labute approximate surface area is 173 Å². The quantitative estimate of drug-likeness (QED) is 0.353. The molecule has 7 heteroatoms. The van der Waals surface area contributed by atoms with Crippen molar-refractivity contribution in [2.75, 3.05) is 13.1 Å². The average molecular weight is 470 g/mol. The van der Waals surface area contributed by atoms with Gasteiger partial charge >= 0.3 is 0 Å². The summed E-state index contributed by atoms with van der Waals surface area (Å²) in [6.07, 6.45) is 2.67. The van der Waals surface area contributed by atoms with Crippen molar-refractivity contribution >= 4 is 29.9 Å². The number of nitrogens with zero attached hydrogens (tertiary/aromatic N) is 4. The first-order valence-corrected chi connectivity index (χ1v) is 9.06. The minimum absolute atomic E-state index is 0. The Morgan fingerprint density at radius 3 is 2.58 bits per heavy atom. The van der Waals surface area contributed by atoms with Gasteiger partial charge < -0.3 is 15.2 Å². The number of benzene rings is 1. The van der Waals surface area contributed by atoms with Crippen LogP contribution in [0.2, 0.25) is 0 Å². The normalized spacial score (nSPS) is 12.6. The van der Waals surface area contributed by atoms with E-state index in [9.17, 15) is 0 Å². The molecule has 0 saturated heterocycles. The molecule has 1 heterocycles. The molecule has 0 aliphatic carbocycles. The van der Waals surface area contributed by atoms with Gasteiger partial charge in [0, 0.05) is 26.1 Å². The summed E-state index contributed by atoms with van der Waals surface area (Å²) in [7, 11) is 0. The minimum atomic E-state index is 0. The molecule has 0 saturated carbocycles. The van der Waals surface area contributed by atoms with Crippen molar-refractivity contribution in [3.63, 3.8) is 0 Å². The van der Waals surface area contributed by atoms with Gasteiger partial charge in [-0.15, -0.1) is 34.2 Å². The van der Waals surface area contributed by atoms with E-state index >= 15 is 0 Å². The zero-order valence-electron chi connectivity index (χ0n) is 16.1. The van der Waals surface area contributed by atoms with Crippen LogP contribution in [-0.4, -0.2) is 33.8 Å². The van der Waals surface area contributed by atoms with Crippen molar-refractivity contribution in [2.45, 2.75) is 46.7 Å². The molecule has 0 aliphatic heterocycles. The second-order valence-electron chi connectivity index (χ2n) is 6.58. The van der Waals surface area contributed by atoms with E-state index in [0.29, 0.717) is 5.92 Å². The van der Waals surface area contributed by atoms with Crippen LogP contribution < -0.4 is 10.6 Å². The molecule has 1 aromatic heterocycles. The molecule has 1 aromatic carbocycles. The number of aryl methyl sites for hydroxylation is 1. The van der Waals surface area contributed by atoms with E-state index in [0.717, 1.165) is 37.8 Å². The van der Waals surface area contributed by atoms with Crippen LogP contribution in [0.4, 0.5) is 0 Å². The lowest BCUT2D eigenvalue weighted by Gasteiger charge is -2.19. The molecule has 1 atom stereocenters. The SMILES string of the molecule is CCc1nncn1CCNC(=NCC(C)C)NC(C)c1ccccc1.I. The molecule has 26 heavy (non-hydrogen) atoms. The summed E-state index contributed by atoms with van der Waals surface area (Å²) in [5.74, 6) is 2.37. The molecule has 0 spiro atoms. The molecule has 0 aliphatic rings. The van der Waals surface area contributed by atoms with Crippen molar-refractivity contribution in [2.24, 2.45) is 10.9 Å². The zero-order chi connectivity index (χ0) is 18.1. The second-order valence-corrected chi connectivity index (χ2v) is 6.58. The van der Waals surface area contributed by atoms with E-state index in [2.05, 4.69) is 77.4 Å². The zero-order valence-corrected chi connectivity index (χ0v) is 18.5. The van der Waals surface area contributed by atoms with Gasteiger partial charge in [0.25, 0.3) is 0 Å². The molecular formula is C19H31IN6. The fourth-order valence-corrected chi connectivity index (χ4v) is 2.49. The Bertz CT molecular complexity index is 653. The maximum Gasteiger partial charge on any atom is 0.191 e. The first kappa shape index (κ1) is 22.4. The standard InChI is InChI=1S/C19H30N6.HI/c1-5-18-24-22-14-25(18)12-11-20-19(21-13-15(2)3)23-16(4)17-9-7-6-8-10-17;/h6-10,14-16H,5,11-13H2,1-4H3,(H2,20,21,23);1H. The highest BCUT2D eigenvalue weighted by molar-refractivity contribution is 14.0. The molecule has 2 rings (SSSR count). The maximum atomic E-state index is 4.70. The van der Waals surface area contributed by atoms with E-state index < -0.39 is 0 Å². The van der Waals surface area contributed by atoms with Gasteiger partial charge in [-0.05, 0) is 18.4 Å². The summed E-state index contributed by atoms with van der Waals surface area (Å²) in [6.45, 7) is 11.0. The van der Waals surface area contributed by atoms with Gasteiger partial charge in [0.2, 0.25) is 0 Å². The summed E-state index contributed by atoms with van der Waals surface area (Å²) < 4.78 is 2.08.